The number of amides is 1. The number of ether oxygens (including phenoxy) is 5. The van der Waals surface area contributed by atoms with Gasteiger partial charge in [0.15, 0.2) is 24.0 Å². The molecular formula is C14H20NO8-. The van der Waals surface area contributed by atoms with Crippen molar-refractivity contribution in [2.24, 2.45) is 0 Å². The predicted octanol–water partition coefficient (Wildman–Crippen LogP) is -1.75. The monoisotopic (exact) mass is 330 g/mol. The molecule has 0 radical (unpaired) electrons. The minimum absolute atomic E-state index is 0.540. The number of fused-ring (bicyclic) bond motifs is 3. The largest absolute Gasteiger partial charge is 0.548 e. The van der Waals surface area contributed by atoms with E-state index in [9.17, 15) is 14.7 Å². The van der Waals surface area contributed by atoms with Crippen molar-refractivity contribution in [1.82, 2.24) is 5.32 Å². The lowest BCUT2D eigenvalue weighted by Crippen LogP contribution is -2.60. The quantitative estimate of drug-likeness (QED) is 0.648. The zero-order valence-electron chi connectivity index (χ0n) is 13.4. The van der Waals surface area contributed by atoms with E-state index in [4.69, 9.17) is 23.7 Å². The molecule has 130 valence electrons. The van der Waals surface area contributed by atoms with E-state index < -0.39 is 60.7 Å². The van der Waals surface area contributed by atoms with E-state index in [-0.39, 0.29) is 0 Å². The molecule has 3 aliphatic rings. The van der Waals surface area contributed by atoms with E-state index in [0.29, 0.717) is 0 Å². The van der Waals surface area contributed by atoms with Crippen molar-refractivity contribution < 1.29 is 38.4 Å². The molecule has 3 saturated heterocycles. The van der Waals surface area contributed by atoms with Crippen LogP contribution in [0.25, 0.3) is 0 Å². The molecule has 0 bridgehead atoms. The lowest BCUT2D eigenvalue weighted by molar-refractivity contribution is -0.304. The van der Waals surface area contributed by atoms with Crippen molar-refractivity contribution in [1.29, 1.82) is 0 Å². The summed E-state index contributed by atoms with van der Waals surface area (Å²) >= 11 is 0. The van der Waals surface area contributed by atoms with Gasteiger partial charge in [0, 0.05) is 0 Å². The summed E-state index contributed by atoms with van der Waals surface area (Å²) in [4.78, 5) is 22.8. The van der Waals surface area contributed by atoms with Crippen LogP contribution in [-0.2, 0) is 33.3 Å². The lowest BCUT2D eigenvalue weighted by Gasteiger charge is -2.36. The molecule has 0 unspecified atom stereocenters. The third-order valence-electron chi connectivity index (χ3n) is 3.82. The van der Waals surface area contributed by atoms with E-state index in [1.807, 2.05) is 0 Å². The molecule has 3 fully saturated rings. The molecule has 3 rings (SSSR count). The SMILES string of the molecule is CC1(C)O[C@H]2[C@@H](O1)[C@@H](C(=O)NCC(=O)[O-])O[C@@H]1OC(C)(C)O[C@@H]12. The van der Waals surface area contributed by atoms with E-state index in [0.717, 1.165) is 0 Å². The highest BCUT2D eigenvalue weighted by atomic mass is 16.9. The summed E-state index contributed by atoms with van der Waals surface area (Å²) in [6.07, 6.45) is -3.71. The van der Waals surface area contributed by atoms with Gasteiger partial charge in [-0.1, -0.05) is 0 Å². The van der Waals surface area contributed by atoms with Crippen LogP contribution in [0.15, 0.2) is 0 Å². The van der Waals surface area contributed by atoms with Crippen LogP contribution in [-0.4, -0.2) is 60.7 Å². The molecule has 0 spiro atoms. The summed E-state index contributed by atoms with van der Waals surface area (Å²) in [5, 5.41) is 12.8. The number of carboxylic acids is 1. The number of hydrogen-bond donors (Lipinski definition) is 1. The highest BCUT2D eigenvalue weighted by molar-refractivity contribution is 5.84. The Balaban J connectivity index is 1.81. The Hall–Kier alpha value is -1.26. The van der Waals surface area contributed by atoms with E-state index >= 15 is 0 Å². The van der Waals surface area contributed by atoms with Gasteiger partial charge >= 0.3 is 0 Å². The minimum atomic E-state index is -1.39. The third kappa shape index (κ3) is 3.20. The van der Waals surface area contributed by atoms with Crippen LogP contribution >= 0.6 is 0 Å². The maximum Gasteiger partial charge on any atom is 0.252 e. The Morgan fingerprint density at radius 2 is 1.52 bits per heavy atom. The fourth-order valence-electron chi connectivity index (χ4n) is 3.08. The maximum absolute atomic E-state index is 12.2. The molecular weight excluding hydrogens is 310 g/mol. The first-order valence-corrected chi connectivity index (χ1v) is 7.42. The molecule has 0 aromatic rings. The maximum atomic E-state index is 12.2. The van der Waals surface area contributed by atoms with Gasteiger partial charge in [-0.05, 0) is 27.7 Å². The van der Waals surface area contributed by atoms with Crippen molar-refractivity contribution in [3.63, 3.8) is 0 Å². The van der Waals surface area contributed by atoms with Gasteiger partial charge in [-0.25, -0.2) is 0 Å². The smallest absolute Gasteiger partial charge is 0.252 e. The summed E-state index contributed by atoms with van der Waals surface area (Å²) in [5.74, 6) is -3.82. The molecule has 3 heterocycles. The van der Waals surface area contributed by atoms with E-state index in [1.54, 1.807) is 27.7 Å². The Labute approximate surface area is 133 Å². The van der Waals surface area contributed by atoms with Gasteiger partial charge in [0.05, 0.1) is 12.5 Å². The van der Waals surface area contributed by atoms with Crippen LogP contribution in [0.2, 0.25) is 0 Å². The molecule has 5 atom stereocenters. The molecule has 0 aromatic carbocycles. The minimum Gasteiger partial charge on any atom is -0.548 e. The molecule has 1 amide bonds. The van der Waals surface area contributed by atoms with Crippen LogP contribution in [0.4, 0.5) is 0 Å². The van der Waals surface area contributed by atoms with E-state index in [2.05, 4.69) is 5.32 Å². The molecule has 9 heteroatoms. The van der Waals surface area contributed by atoms with Crippen LogP contribution in [0.1, 0.15) is 27.7 Å². The van der Waals surface area contributed by atoms with Crippen LogP contribution < -0.4 is 10.4 Å². The van der Waals surface area contributed by atoms with Crippen LogP contribution in [0, 0.1) is 0 Å². The Kier molecular flexibility index (Phi) is 3.88. The zero-order valence-corrected chi connectivity index (χ0v) is 13.4. The Morgan fingerprint density at radius 1 is 0.957 bits per heavy atom. The summed E-state index contributed by atoms with van der Waals surface area (Å²) in [5.41, 5.74) is 0. The average Bonchev–Trinajstić information content (AvgIpc) is 2.89. The molecule has 3 aliphatic heterocycles. The molecule has 0 aromatic heterocycles. The molecule has 23 heavy (non-hydrogen) atoms. The van der Waals surface area contributed by atoms with Crippen LogP contribution in [0.5, 0.6) is 0 Å². The van der Waals surface area contributed by atoms with Gasteiger partial charge in [0.1, 0.15) is 18.3 Å². The zero-order chi connectivity index (χ0) is 17.0. The number of hydrogen-bond acceptors (Lipinski definition) is 8. The first-order chi connectivity index (χ1) is 10.6. The van der Waals surface area contributed by atoms with Gasteiger partial charge in [-0.3, -0.25) is 4.79 Å². The standard InChI is InChI=1S/C14H21NO8/c1-13(2)20-7-8(21-13)10-12(23-14(3,4)22-10)19-9(7)11(18)15-5-6(16)17/h7-10,12H,5H2,1-4H3,(H,15,18)(H,16,17)/p-1/t7-,8+,9+,10-,12-/m1/s1. The number of carbonyl (C=O) groups is 2. The number of carbonyl (C=O) groups excluding carboxylic acids is 2. The highest BCUT2D eigenvalue weighted by Crippen LogP contribution is 2.44. The first kappa shape index (κ1) is 16.6. The second-order valence-electron chi connectivity index (χ2n) is 6.68. The summed E-state index contributed by atoms with van der Waals surface area (Å²) in [6.45, 7) is 6.29. The third-order valence-corrected chi connectivity index (χ3v) is 3.82. The number of aliphatic carboxylic acids is 1. The van der Waals surface area contributed by atoms with Crippen molar-refractivity contribution in [2.75, 3.05) is 6.54 Å². The predicted molar refractivity (Wildman–Crippen MR) is 70.5 cm³/mol. The first-order valence-electron chi connectivity index (χ1n) is 7.42. The van der Waals surface area contributed by atoms with Gasteiger partial charge in [-0.15, -0.1) is 0 Å². The summed E-state index contributed by atoms with van der Waals surface area (Å²) in [7, 11) is 0. The fourth-order valence-corrected chi connectivity index (χ4v) is 3.08. The molecule has 0 aliphatic carbocycles. The second kappa shape index (κ2) is 5.38. The number of nitrogens with one attached hydrogen (secondary N) is 1. The van der Waals surface area contributed by atoms with Gasteiger partial charge in [0.25, 0.3) is 5.91 Å². The fraction of sp³-hybridized carbons (Fsp3) is 0.857. The van der Waals surface area contributed by atoms with Crippen molar-refractivity contribution in [3.05, 3.63) is 0 Å². The normalized spacial score (nSPS) is 40.3. The average molecular weight is 330 g/mol. The molecule has 9 nitrogen and oxygen atoms in total. The van der Waals surface area contributed by atoms with E-state index in [1.165, 1.54) is 0 Å². The molecule has 0 saturated carbocycles. The van der Waals surface area contributed by atoms with Crippen molar-refractivity contribution in [2.45, 2.75) is 70.0 Å². The molecule has 1 N–H and O–H groups in total. The highest BCUT2D eigenvalue weighted by Gasteiger charge is 2.62. The second-order valence-corrected chi connectivity index (χ2v) is 6.68. The summed E-state index contributed by atoms with van der Waals surface area (Å²) < 4.78 is 28.7. The van der Waals surface area contributed by atoms with Crippen molar-refractivity contribution in [3.8, 4) is 0 Å². The van der Waals surface area contributed by atoms with Crippen LogP contribution in [0.3, 0.4) is 0 Å². The summed E-state index contributed by atoms with van der Waals surface area (Å²) in [6, 6.07) is 0. The Morgan fingerprint density at radius 3 is 2.17 bits per heavy atom. The van der Waals surface area contributed by atoms with Crippen molar-refractivity contribution >= 4 is 11.9 Å². The number of rotatable bonds is 3. The van der Waals surface area contributed by atoms with Gasteiger partial charge in [-0.2, -0.15) is 0 Å². The topological polar surface area (TPSA) is 115 Å². The van der Waals surface area contributed by atoms with Gasteiger partial charge in [0.2, 0.25) is 0 Å². The number of carboxylic acid groups (broad SMARTS) is 1. The van der Waals surface area contributed by atoms with Gasteiger partial charge < -0.3 is 38.9 Å². The Bertz CT molecular complexity index is 519. The lowest BCUT2D eigenvalue weighted by atomic mass is 9.98.